The fourth-order valence-electron chi connectivity index (χ4n) is 5.25. The molecule has 0 amide bonds. The highest BCUT2D eigenvalue weighted by Gasteiger charge is 2.57. The SMILES string of the molecule is CC(C)CC(=O)c1c(OS(C)(=O)=O)cc2c(c1O)C(CC(C)C)C1=C(O2)C(C)(C)C(=O)C(C)(C)C1=O. The number of hydrogen-bond acceptors (Lipinski definition) is 8. The number of hydrogen-bond donors (Lipinski definition) is 1. The molecule has 1 aliphatic carbocycles. The van der Waals surface area contributed by atoms with Gasteiger partial charge in [0.05, 0.1) is 17.1 Å². The molecule has 1 atom stereocenters. The van der Waals surface area contributed by atoms with Crippen molar-refractivity contribution in [3.05, 3.63) is 28.5 Å². The van der Waals surface area contributed by atoms with Crippen LogP contribution in [0.5, 0.6) is 17.2 Å². The number of Topliss-reactive ketones (excluding diaryl/α,β-unsaturated/α-hetero) is 3. The van der Waals surface area contributed by atoms with Crippen LogP contribution in [0.3, 0.4) is 0 Å². The molecular formula is C27H36O8S. The lowest BCUT2D eigenvalue weighted by Crippen LogP contribution is -2.51. The summed E-state index contributed by atoms with van der Waals surface area (Å²) in [5, 5.41) is 11.5. The van der Waals surface area contributed by atoms with Crippen molar-refractivity contribution in [2.24, 2.45) is 22.7 Å². The lowest BCUT2D eigenvalue weighted by molar-refractivity contribution is -0.144. The van der Waals surface area contributed by atoms with Crippen molar-refractivity contribution in [1.82, 2.24) is 0 Å². The van der Waals surface area contributed by atoms with Crippen LogP contribution in [0.2, 0.25) is 0 Å². The topological polar surface area (TPSA) is 124 Å². The van der Waals surface area contributed by atoms with Crippen LogP contribution < -0.4 is 8.92 Å². The quantitative estimate of drug-likeness (QED) is 0.305. The van der Waals surface area contributed by atoms with Gasteiger partial charge in [-0.25, -0.2) is 0 Å². The first-order valence-corrected chi connectivity index (χ1v) is 14.0. The van der Waals surface area contributed by atoms with Crippen molar-refractivity contribution in [1.29, 1.82) is 0 Å². The number of ether oxygens (including phenoxy) is 1. The van der Waals surface area contributed by atoms with Gasteiger partial charge < -0.3 is 14.0 Å². The Kier molecular flexibility index (Phi) is 6.98. The van der Waals surface area contributed by atoms with E-state index >= 15 is 0 Å². The molecule has 1 N–H and O–H groups in total. The first-order chi connectivity index (χ1) is 16.3. The van der Waals surface area contributed by atoms with Gasteiger partial charge in [-0.2, -0.15) is 8.42 Å². The van der Waals surface area contributed by atoms with Gasteiger partial charge in [-0.05, 0) is 46.0 Å². The number of aromatic hydroxyl groups is 1. The predicted molar refractivity (Wildman–Crippen MR) is 135 cm³/mol. The molecular weight excluding hydrogens is 484 g/mol. The van der Waals surface area contributed by atoms with Crippen LogP contribution in [0.4, 0.5) is 0 Å². The van der Waals surface area contributed by atoms with Gasteiger partial charge in [-0.15, -0.1) is 0 Å². The summed E-state index contributed by atoms with van der Waals surface area (Å²) in [6, 6.07) is 1.27. The van der Waals surface area contributed by atoms with Gasteiger partial charge in [0, 0.05) is 29.5 Å². The summed E-state index contributed by atoms with van der Waals surface area (Å²) < 4.78 is 35.3. The van der Waals surface area contributed by atoms with E-state index < -0.39 is 38.4 Å². The summed E-state index contributed by atoms with van der Waals surface area (Å²) in [4.78, 5) is 40.2. The van der Waals surface area contributed by atoms with Crippen molar-refractivity contribution < 1.29 is 36.8 Å². The van der Waals surface area contributed by atoms with Gasteiger partial charge in [-0.3, -0.25) is 14.4 Å². The maximum Gasteiger partial charge on any atom is 0.306 e. The Hall–Kier alpha value is -2.68. The Morgan fingerprint density at radius 2 is 1.67 bits per heavy atom. The molecule has 0 saturated carbocycles. The zero-order valence-corrected chi connectivity index (χ0v) is 23.3. The second kappa shape index (κ2) is 9.01. The van der Waals surface area contributed by atoms with E-state index in [-0.39, 0.29) is 58.2 Å². The summed E-state index contributed by atoms with van der Waals surface area (Å²) >= 11 is 0. The molecule has 2 aliphatic rings. The van der Waals surface area contributed by atoms with E-state index in [1.807, 2.05) is 27.7 Å². The highest BCUT2D eigenvalue weighted by atomic mass is 32.2. The molecule has 0 spiro atoms. The Morgan fingerprint density at radius 1 is 1.08 bits per heavy atom. The first-order valence-electron chi connectivity index (χ1n) is 12.1. The van der Waals surface area contributed by atoms with Crippen molar-refractivity contribution in [3.8, 4) is 17.2 Å². The minimum absolute atomic E-state index is 0.0453. The fraction of sp³-hybridized carbons (Fsp3) is 0.593. The van der Waals surface area contributed by atoms with Crippen LogP contribution in [-0.4, -0.2) is 37.1 Å². The van der Waals surface area contributed by atoms with E-state index in [2.05, 4.69) is 0 Å². The highest BCUT2D eigenvalue weighted by molar-refractivity contribution is 7.86. The third kappa shape index (κ3) is 4.69. The molecule has 9 heteroatoms. The zero-order valence-electron chi connectivity index (χ0n) is 22.4. The molecule has 0 fully saturated rings. The lowest BCUT2D eigenvalue weighted by Gasteiger charge is -2.45. The number of benzene rings is 1. The molecule has 1 aliphatic heterocycles. The molecule has 1 aromatic carbocycles. The average molecular weight is 521 g/mol. The predicted octanol–water partition coefficient (Wildman–Crippen LogP) is 4.94. The third-order valence-electron chi connectivity index (χ3n) is 6.76. The standard InChI is InChI=1S/C27H36O8S/c1-13(2)10-15-19-17(34-24-20(15)23(30)26(5,6)25(31)27(24,7)8)12-18(35-36(9,32)33)21(22(19)29)16(28)11-14(3)4/h12-15,29H,10-11H2,1-9H3. The maximum absolute atomic E-state index is 13.7. The molecule has 3 rings (SSSR count). The van der Waals surface area contributed by atoms with Gasteiger partial charge in [0.1, 0.15) is 22.8 Å². The number of phenolic OH excluding ortho intramolecular Hbond substituents is 1. The van der Waals surface area contributed by atoms with Crippen molar-refractivity contribution >= 4 is 27.5 Å². The number of rotatable bonds is 7. The fourth-order valence-corrected chi connectivity index (χ4v) is 5.71. The molecule has 0 radical (unpaired) electrons. The number of carbonyl (C=O) groups is 3. The molecule has 1 aromatic rings. The second-order valence-corrected chi connectivity index (χ2v) is 13.3. The van der Waals surface area contributed by atoms with Crippen molar-refractivity contribution in [2.75, 3.05) is 6.26 Å². The maximum atomic E-state index is 13.7. The molecule has 1 unspecified atom stereocenters. The molecule has 8 nitrogen and oxygen atoms in total. The average Bonchev–Trinajstić information content (AvgIpc) is 2.68. The second-order valence-electron chi connectivity index (χ2n) is 11.8. The summed E-state index contributed by atoms with van der Waals surface area (Å²) in [7, 11) is -4.06. The van der Waals surface area contributed by atoms with E-state index in [9.17, 15) is 27.9 Å². The Morgan fingerprint density at radius 3 is 2.17 bits per heavy atom. The smallest absolute Gasteiger partial charge is 0.306 e. The normalized spacial score (nSPS) is 20.8. The molecule has 1 heterocycles. The third-order valence-corrected chi connectivity index (χ3v) is 7.24. The van der Waals surface area contributed by atoms with Crippen LogP contribution in [0, 0.1) is 22.7 Å². The Bertz CT molecular complexity index is 1280. The number of allylic oxidation sites excluding steroid dienone is 2. The van der Waals surface area contributed by atoms with E-state index in [0.29, 0.717) is 12.0 Å². The molecule has 0 aromatic heterocycles. The monoisotopic (exact) mass is 520 g/mol. The summed E-state index contributed by atoms with van der Waals surface area (Å²) in [6.07, 6.45) is 1.31. The largest absolute Gasteiger partial charge is 0.507 e. The number of phenols is 1. The van der Waals surface area contributed by atoms with E-state index in [1.165, 1.54) is 6.07 Å². The van der Waals surface area contributed by atoms with E-state index in [4.69, 9.17) is 8.92 Å². The van der Waals surface area contributed by atoms with E-state index in [1.54, 1.807) is 27.7 Å². The molecule has 0 bridgehead atoms. The highest BCUT2D eigenvalue weighted by Crippen LogP contribution is 2.57. The van der Waals surface area contributed by atoms with Crippen LogP contribution >= 0.6 is 0 Å². The van der Waals surface area contributed by atoms with Crippen LogP contribution in [-0.2, 0) is 19.7 Å². The minimum Gasteiger partial charge on any atom is -0.507 e. The van der Waals surface area contributed by atoms with Gasteiger partial charge in [0.2, 0.25) is 0 Å². The zero-order chi connectivity index (χ0) is 27.5. The number of ketones is 3. The minimum atomic E-state index is -4.06. The number of carbonyl (C=O) groups excluding carboxylic acids is 3. The van der Waals surface area contributed by atoms with E-state index in [0.717, 1.165) is 6.26 Å². The van der Waals surface area contributed by atoms with Crippen molar-refractivity contribution in [2.45, 2.75) is 74.1 Å². The summed E-state index contributed by atoms with van der Waals surface area (Å²) in [5.74, 6) is -2.40. The van der Waals surface area contributed by atoms with Gasteiger partial charge >= 0.3 is 10.1 Å². The summed E-state index contributed by atoms with van der Waals surface area (Å²) in [5.41, 5.74) is -2.18. The van der Waals surface area contributed by atoms with Gasteiger partial charge in [0.25, 0.3) is 0 Å². The molecule has 36 heavy (non-hydrogen) atoms. The molecule has 198 valence electrons. The van der Waals surface area contributed by atoms with Gasteiger partial charge in [-0.1, -0.05) is 27.7 Å². The number of fused-ring (bicyclic) bond motifs is 1. The first kappa shape index (κ1) is 27.9. The van der Waals surface area contributed by atoms with Gasteiger partial charge in [0.15, 0.2) is 23.1 Å². The van der Waals surface area contributed by atoms with Crippen LogP contribution in [0.1, 0.15) is 90.1 Å². The lowest BCUT2D eigenvalue weighted by atomic mass is 9.59. The van der Waals surface area contributed by atoms with Crippen LogP contribution in [0.25, 0.3) is 0 Å². The Balaban J connectivity index is 2.40. The summed E-state index contributed by atoms with van der Waals surface area (Å²) in [6.45, 7) is 14.1. The molecule has 0 saturated heterocycles. The van der Waals surface area contributed by atoms with Crippen molar-refractivity contribution in [3.63, 3.8) is 0 Å². The Labute approximate surface area is 213 Å². The van der Waals surface area contributed by atoms with Crippen LogP contribution in [0.15, 0.2) is 17.4 Å².